The number of hydrogen-bond donors (Lipinski definition) is 4. The second kappa shape index (κ2) is 7.79. The summed E-state index contributed by atoms with van der Waals surface area (Å²) in [5.74, 6) is -6.00. The van der Waals surface area contributed by atoms with E-state index in [9.17, 15) is 24.9 Å². The van der Waals surface area contributed by atoms with Crippen LogP contribution in [0.25, 0.3) is 0 Å². The van der Waals surface area contributed by atoms with Gasteiger partial charge >= 0.3 is 17.7 Å². The molecule has 4 N–H and O–H groups in total. The minimum Gasteiger partial charge on any atom is -0.475 e. The molecule has 0 radical (unpaired) electrons. The minimum atomic E-state index is -2.76. The van der Waals surface area contributed by atoms with E-state index >= 15 is 0 Å². The van der Waals surface area contributed by atoms with E-state index in [0.717, 1.165) is 23.1 Å². The SMILES string of the molecule is O=C(O)C1(C(=O)O)Oc2cc3c(cc2O1)CC(NCC(O)c1cccc(Cl)c1)CC3. The molecule has 2 aliphatic rings. The normalized spacial score (nSPS) is 19.7. The maximum Gasteiger partial charge on any atom is 0.453 e. The van der Waals surface area contributed by atoms with Gasteiger partial charge in [-0.3, -0.25) is 0 Å². The Bertz CT molecular complexity index is 995. The van der Waals surface area contributed by atoms with Gasteiger partial charge in [0.2, 0.25) is 0 Å². The van der Waals surface area contributed by atoms with Gasteiger partial charge in [-0.25, -0.2) is 9.59 Å². The lowest BCUT2D eigenvalue weighted by Gasteiger charge is -2.27. The number of carboxylic acids is 2. The summed E-state index contributed by atoms with van der Waals surface area (Å²) >= 11 is 5.97. The van der Waals surface area contributed by atoms with Crippen molar-refractivity contribution in [2.75, 3.05) is 6.54 Å². The number of carboxylic acid groups (broad SMARTS) is 2. The maximum absolute atomic E-state index is 11.4. The molecule has 0 saturated heterocycles. The fourth-order valence-electron chi connectivity index (χ4n) is 3.80. The molecular formula is C21H20ClNO7. The molecule has 0 bridgehead atoms. The Balaban J connectivity index is 1.44. The molecule has 158 valence electrons. The fraction of sp³-hybridized carbons (Fsp3) is 0.333. The molecule has 2 aromatic carbocycles. The minimum absolute atomic E-state index is 0.0930. The zero-order valence-electron chi connectivity index (χ0n) is 15.8. The number of rotatable bonds is 6. The van der Waals surface area contributed by atoms with E-state index in [1.165, 1.54) is 0 Å². The predicted molar refractivity (Wildman–Crippen MR) is 106 cm³/mol. The van der Waals surface area contributed by atoms with Crippen LogP contribution in [0.3, 0.4) is 0 Å². The van der Waals surface area contributed by atoms with Gasteiger partial charge in [-0.2, -0.15) is 0 Å². The third-order valence-corrected chi connectivity index (χ3v) is 5.63. The first-order valence-electron chi connectivity index (χ1n) is 9.46. The quantitative estimate of drug-likeness (QED) is 0.511. The first-order chi connectivity index (χ1) is 14.3. The Hall–Kier alpha value is -2.81. The lowest BCUT2D eigenvalue weighted by atomic mass is 9.87. The van der Waals surface area contributed by atoms with Crippen LogP contribution >= 0.6 is 11.6 Å². The van der Waals surface area contributed by atoms with E-state index in [-0.39, 0.29) is 17.5 Å². The second-order valence-electron chi connectivity index (χ2n) is 7.42. The number of fused-ring (bicyclic) bond motifs is 2. The fourth-order valence-corrected chi connectivity index (χ4v) is 4.00. The topological polar surface area (TPSA) is 125 Å². The Morgan fingerprint density at radius 3 is 2.43 bits per heavy atom. The van der Waals surface area contributed by atoms with Crippen LogP contribution in [0, 0.1) is 0 Å². The molecule has 2 aromatic rings. The summed E-state index contributed by atoms with van der Waals surface area (Å²) in [6.07, 6.45) is 1.43. The van der Waals surface area contributed by atoms with E-state index in [2.05, 4.69) is 5.32 Å². The average Bonchev–Trinajstić information content (AvgIpc) is 3.10. The molecular weight excluding hydrogens is 414 g/mol. The van der Waals surface area contributed by atoms with Crippen LogP contribution in [0.4, 0.5) is 0 Å². The molecule has 9 heteroatoms. The molecule has 0 saturated carbocycles. The van der Waals surface area contributed by atoms with E-state index < -0.39 is 23.8 Å². The lowest BCUT2D eigenvalue weighted by molar-refractivity contribution is -0.194. The number of nitrogens with one attached hydrogen (secondary N) is 1. The standard InChI is InChI=1S/C21H20ClNO7/c22-14-3-1-2-12(6-14)16(24)10-23-15-5-4-11-8-17-18(9-13(11)7-15)30-21(29-17,19(25)26)20(27)28/h1-3,6,8-9,15-16,23-24H,4-5,7,10H2,(H,25,26)(H,27,28). The summed E-state index contributed by atoms with van der Waals surface area (Å²) in [6.45, 7) is 0.353. The Morgan fingerprint density at radius 1 is 1.13 bits per heavy atom. The van der Waals surface area contributed by atoms with Crippen molar-refractivity contribution in [3.63, 3.8) is 0 Å². The largest absolute Gasteiger partial charge is 0.475 e. The van der Waals surface area contributed by atoms with Crippen molar-refractivity contribution in [2.45, 2.75) is 37.2 Å². The van der Waals surface area contributed by atoms with Crippen LogP contribution in [0.2, 0.25) is 5.02 Å². The molecule has 1 aliphatic heterocycles. The van der Waals surface area contributed by atoms with Crippen molar-refractivity contribution in [2.24, 2.45) is 0 Å². The third-order valence-electron chi connectivity index (χ3n) is 5.40. The Morgan fingerprint density at radius 2 is 1.80 bits per heavy atom. The molecule has 0 aromatic heterocycles. The third kappa shape index (κ3) is 3.69. The summed E-state index contributed by atoms with van der Waals surface area (Å²) in [4.78, 5) is 22.8. The monoisotopic (exact) mass is 433 g/mol. The highest BCUT2D eigenvalue weighted by Crippen LogP contribution is 2.43. The van der Waals surface area contributed by atoms with Gasteiger partial charge < -0.3 is 30.1 Å². The van der Waals surface area contributed by atoms with E-state index in [1.54, 1.807) is 30.3 Å². The van der Waals surface area contributed by atoms with Gasteiger partial charge in [0, 0.05) is 17.6 Å². The van der Waals surface area contributed by atoms with Crippen molar-refractivity contribution in [1.29, 1.82) is 0 Å². The highest BCUT2D eigenvalue weighted by molar-refractivity contribution is 6.30. The molecule has 1 aliphatic carbocycles. The number of ether oxygens (including phenoxy) is 2. The van der Waals surface area contributed by atoms with Crippen LogP contribution < -0.4 is 14.8 Å². The summed E-state index contributed by atoms with van der Waals surface area (Å²) in [5.41, 5.74) is 2.61. The summed E-state index contributed by atoms with van der Waals surface area (Å²) in [6, 6.07) is 10.4. The van der Waals surface area contributed by atoms with Crippen molar-refractivity contribution in [1.82, 2.24) is 5.32 Å². The van der Waals surface area contributed by atoms with Crippen molar-refractivity contribution in [3.05, 3.63) is 58.1 Å². The molecule has 0 spiro atoms. The van der Waals surface area contributed by atoms with E-state index in [0.29, 0.717) is 24.4 Å². The molecule has 0 fully saturated rings. The molecule has 8 nitrogen and oxygen atoms in total. The highest BCUT2D eigenvalue weighted by Gasteiger charge is 2.57. The maximum atomic E-state index is 11.4. The van der Waals surface area contributed by atoms with Gasteiger partial charge in [0.25, 0.3) is 0 Å². The van der Waals surface area contributed by atoms with Crippen molar-refractivity contribution >= 4 is 23.5 Å². The summed E-state index contributed by atoms with van der Waals surface area (Å²) in [7, 11) is 0. The van der Waals surface area contributed by atoms with E-state index in [1.807, 2.05) is 6.07 Å². The second-order valence-corrected chi connectivity index (χ2v) is 7.85. The summed E-state index contributed by atoms with van der Waals surface area (Å²) in [5, 5.41) is 32.8. The van der Waals surface area contributed by atoms with Crippen LogP contribution in [0.1, 0.15) is 29.2 Å². The van der Waals surface area contributed by atoms with Gasteiger partial charge in [0.15, 0.2) is 11.5 Å². The van der Waals surface area contributed by atoms with Gasteiger partial charge in [-0.05, 0) is 60.2 Å². The highest BCUT2D eigenvalue weighted by atomic mass is 35.5. The number of aryl methyl sites for hydroxylation is 1. The molecule has 2 atom stereocenters. The number of aliphatic hydroxyl groups is 1. The Kier molecular flexibility index (Phi) is 5.31. The smallest absolute Gasteiger partial charge is 0.453 e. The number of aliphatic carboxylic acids is 2. The van der Waals surface area contributed by atoms with Crippen molar-refractivity contribution < 1.29 is 34.4 Å². The lowest BCUT2D eigenvalue weighted by Crippen LogP contribution is -2.54. The van der Waals surface area contributed by atoms with Gasteiger partial charge in [-0.1, -0.05) is 23.7 Å². The van der Waals surface area contributed by atoms with Gasteiger partial charge in [-0.15, -0.1) is 0 Å². The first kappa shape index (κ1) is 20.5. The predicted octanol–water partition coefficient (Wildman–Crippen LogP) is 2.16. The zero-order chi connectivity index (χ0) is 21.5. The van der Waals surface area contributed by atoms with Crippen LogP contribution in [-0.2, 0) is 22.4 Å². The van der Waals surface area contributed by atoms with Gasteiger partial charge in [0.05, 0.1) is 6.10 Å². The number of halogens is 1. The molecule has 30 heavy (non-hydrogen) atoms. The van der Waals surface area contributed by atoms with Crippen LogP contribution in [0.15, 0.2) is 36.4 Å². The molecule has 4 rings (SSSR count). The molecule has 0 amide bonds. The average molecular weight is 434 g/mol. The van der Waals surface area contributed by atoms with E-state index in [4.69, 9.17) is 21.1 Å². The Labute approximate surface area is 177 Å². The van der Waals surface area contributed by atoms with Gasteiger partial charge in [0.1, 0.15) is 0 Å². The van der Waals surface area contributed by atoms with Crippen LogP contribution in [0.5, 0.6) is 11.5 Å². The zero-order valence-corrected chi connectivity index (χ0v) is 16.6. The summed E-state index contributed by atoms with van der Waals surface area (Å²) < 4.78 is 10.4. The number of benzene rings is 2. The first-order valence-corrected chi connectivity index (χ1v) is 9.84. The van der Waals surface area contributed by atoms with Crippen LogP contribution in [-0.4, -0.2) is 45.6 Å². The van der Waals surface area contributed by atoms with Crippen molar-refractivity contribution in [3.8, 4) is 11.5 Å². The number of aliphatic hydroxyl groups excluding tert-OH is 1. The number of hydrogen-bond acceptors (Lipinski definition) is 6. The number of carbonyl (C=O) groups is 2. The molecule has 2 unspecified atom stereocenters. The molecule has 1 heterocycles.